The first kappa shape index (κ1) is 30.7. The summed E-state index contributed by atoms with van der Waals surface area (Å²) in [4.78, 5) is 5.33. The molecule has 5 heteroatoms. The van der Waals surface area contributed by atoms with Crippen LogP contribution in [0.25, 0.3) is 86.4 Å². The molecule has 1 aliphatic carbocycles. The highest BCUT2D eigenvalue weighted by Crippen LogP contribution is 2.42. The van der Waals surface area contributed by atoms with E-state index in [2.05, 4.69) is 174 Å². The van der Waals surface area contributed by atoms with Crippen molar-refractivity contribution in [1.82, 2.24) is 9.88 Å². The number of rotatable bonds is 4. The molecule has 4 nitrogen and oxygen atoms in total. The van der Waals surface area contributed by atoms with Gasteiger partial charge in [-0.05, 0) is 84.1 Å². The van der Waals surface area contributed by atoms with E-state index in [1.165, 1.54) is 69.9 Å². The zero-order valence-corrected chi connectivity index (χ0v) is 30.6. The van der Waals surface area contributed by atoms with Gasteiger partial charge in [0, 0.05) is 64.3 Å². The molecule has 0 fully saturated rings. The van der Waals surface area contributed by atoms with Gasteiger partial charge in [-0.15, -0.1) is 11.3 Å². The Bertz CT molecular complexity index is 3250. The van der Waals surface area contributed by atoms with Crippen molar-refractivity contribution in [2.75, 3.05) is 0 Å². The lowest BCUT2D eigenvalue weighted by molar-refractivity contribution is 0.654. The molecule has 12 rings (SSSR count). The largest absolute Gasteiger partial charge is 0.456 e. The molecule has 1 aliphatic heterocycles. The molecule has 3 aromatic heterocycles. The maximum Gasteiger partial charge on any atom is 0.145 e. The van der Waals surface area contributed by atoms with Gasteiger partial charge in [-0.2, -0.15) is 0 Å². The highest BCUT2D eigenvalue weighted by Gasteiger charge is 2.27. The van der Waals surface area contributed by atoms with Crippen molar-refractivity contribution in [3.8, 4) is 16.8 Å². The number of allylic oxidation sites excluding steroid dienone is 3. The summed E-state index contributed by atoms with van der Waals surface area (Å²) in [6.07, 6.45) is 6.20. The molecule has 0 bridgehead atoms. The second-order valence-corrected chi connectivity index (χ2v) is 15.7. The Morgan fingerprint density at radius 2 is 1.38 bits per heavy atom. The predicted molar refractivity (Wildman–Crippen MR) is 231 cm³/mol. The first-order valence-electron chi connectivity index (χ1n) is 19.0. The molecule has 1 unspecified atom stereocenters. The Morgan fingerprint density at radius 3 is 2.24 bits per heavy atom. The van der Waals surface area contributed by atoms with Crippen LogP contribution in [0.1, 0.15) is 30.1 Å². The number of aliphatic imine (C=N–C) groups is 1. The molecule has 2 aliphatic rings. The van der Waals surface area contributed by atoms with E-state index < -0.39 is 0 Å². The van der Waals surface area contributed by atoms with Crippen LogP contribution >= 0.6 is 11.3 Å². The predicted octanol–water partition coefficient (Wildman–Crippen LogP) is 13.5. The minimum absolute atomic E-state index is 0.226. The first-order valence-corrected chi connectivity index (χ1v) is 19.8. The number of nitrogens with one attached hydrogen (secondary N) is 1. The summed E-state index contributed by atoms with van der Waals surface area (Å²) in [5.41, 5.74) is 13.6. The lowest BCUT2D eigenvalue weighted by atomic mass is 9.92. The number of hydrogen-bond acceptors (Lipinski definition) is 4. The van der Waals surface area contributed by atoms with Gasteiger partial charge in [-0.25, -0.2) is 0 Å². The molecule has 0 amide bonds. The van der Waals surface area contributed by atoms with Gasteiger partial charge in [0.05, 0.1) is 16.7 Å². The monoisotopic (exact) mass is 723 g/mol. The fraction of sp³-hybridized carbons (Fsp3) is 0.0600. The van der Waals surface area contributed by atoms with Crippen LogP contribution in [0.4, 0.5) is 0 Å². The second-order valence-electron chi connectivity index (χ2n) is 14.6. The molecule has 260 valence electrons. The number of aromatic nitrogens is 1. The third-order valence-corrected chi connectivity index (χ3v) is 12.6. The number of furan rings is 1. The average Bonchev–Trinajstić information content (AvgIpc) is 3.92. The normalized spacial score (nSPS) is 15.8. The second kappa shape index (κ2) is 11.9. The lowest BCUT2D eigenvalue weighted by Gasteiger charge is -2.29. The van der Waals surface area contributed by atoms with Crippen LogP contribution in [0.2, 0.25) is 0 Å². The van der Waals surface area contributed by atoms with Crippen LogP contribution in [0.3, 0.4) is 0 Å². The molecule has 0 radical (unpaired) electrons. The first-order chi connectivity index (χ1) is 27.2. The lowest BCUT2D eigenvalue weighted by Crippen LogP contribution is -2.28. The minimum Gasteiger partial charge on any atom is -0.456 e. The third kappa shape index (κ3) is 4.73. The van der Waals surface area contributed by atoms with Crippen LogP contribution in [0.15, 0.2) is 179 Å². The molecule has 1 N–H and O–H groups in total. The van der Waals surface area contributed by atoms with E-state index in [0.717, 1.165) is 51.8 Å². The summed E-state index contributed by atoms with van der Waals surface area (Å²) in [7, 11) is 0. The SMILES string of the molecule is C1=CC2=C(c3ccccc3)NC(c3cccc4oc5ccc(-c6ccc7c(c6)sc6ccc(-n8c9ccccc9c9ccccc98)cc67)cc5c34)N=C2CC1. The van der Waals surface area contributed by atoms with Crippen molar-refractivity contribution in [2.24, 2.45) is 4.99 Å². The Balaban J connectivity index is 0.957. The van der Waals surface area contributed by atoms with E-state index in [-0.39, 0.29) is 6.17 Å². The van der Waals surface area contributed by atoms with Crippen LogP contribution in [-0.2, 0) is 0 Å². The van der Waals surface area contributed by atoms with Crippen LogP contribution in [-0.4, -0.2) is 10.3 Å². The van der Waals surface area contributed by atoms with Crippen molar-refractivity contribution in [3.05, 3.63) is 181 Å². The van der Waals surface area contributed by atoms with Crippen molar-refractivity contribution >= 4 is 86.7 Å². The van der Waals surface area contributed by atoms with Gasteiger partial charge in [0.15, 0.2) is 0 Å². The van der Waals surface area contributed by atoms with Crippen LogP contribution in [0, 0.1) is 0 Å². The topological polar surface area (TPSA) is 42.5 Å². The summed E-state index contributed by atoms with van der Waals surface area (Å²) < 4.78 is 11.5. The van der Waals surface area contributed by atoms with Gasteiger partial charge in [0.1, 0.15) is 17.3 Å². The van der Waals surface area contributed by atoms with Crippen molar-refractivity contribution in [1.29, 1.82) is 0 Å². The molecule has 0 saturated carbocycles. The van der Waals surface area contributed by atoms with Gasteiger partial charge in [-0.1, -0.05) is 109 Å². The van der Waals surface area contributed by atoms with Gasteiger partial charge in [0.2, 0.25) is 0 Å². The summed E-state index contributed by atoms with van der Waals surface area (Å²) in [6, 6.07) is 54.9. The number of para-hydroxylation sites is 2. The van der Waals surface area contributed by atoms with Crippen LogP contribution in [0.5, 0.6) is 0 Å². The Hall–Kier alpha value is -6.69. The zero-order chi connectivity index (χ0) is 36.0. The summed E-state index contributed by atoms with van der Waals surface area (Å²) in [5.74, 6) is 0. The van der Waals surface area contributed by atoms with Crippen molar-refractivity contribution in [2.45, 2.75) is 19.0 Å². The van der Waals surface area contributed by atoms with Crippen molar-refractivity contribution in [3.63, 3.8) is 0 Å². The zero-order valence-electron chi connectivity index (χ0n) is 29.8. The molecular weight excluding hydrogens is 691 g/mol. The molecule has 55 heavy (non-hydrogen) atoms. The van der Waals surface area contributed by atoms with E-state index in [0.29, 0.717) is 0 Å². The summed E-state index contributed by atoms with van der Waals surface area (Å²) in [6.45, 7) is 0. The number of hydrogen-bond donors (Lipinski definition) is 1. The molecule has 0 spiro atoms. The molecule has 1 atom stereocenters. The van der Waals surface area contributed by atoms with Gasteiger partial charge in [0.25, 0.3) is 0 Å². The molecular formula is C50H33N3OS. The summed E-state index contributed by atoms with van der Waals surface area (Å²) in [5, 5.41) is 11.2. The number of thiophene rings is 1. The van der Waals surface area contributed by atoms with Gasteiger partial charge < -0.3 is 14.3 Å². The van der Waals surface area contributed by atoms with E-state index in [1.807, 2.05) is 11.3 Å². The molecule has 4 heterocycles. The maximum atomic E-state index is 6.50. The quantitative estimate of drug-likeness (QED) is 0.196. The third-order valence-electron chi connectivity index (χ3n) is 11.5. The molecule has 10 aromatic rings. The van der Waals surface area contributed by atoms with E-state index in [1.54, 1.807) is 0 Å². The molecule has 0 saturated heterocycles. The Morgan fingerprint density at radius 1 is 0.600 bits per heavy atom. The maximum absolute atomic E-state index is 6.50. The van der Waals surface area contributed by atoms with Crippen molar-refractivity contribution < 1.29 is 4.42 Å². The fourth-order valence-electron chi connectivity index (χ4n) is 8.95. The Kier molecular flexibility index (Phi) is 6.65. The average molecular weight is 724 g/mol. The van der Waals surface area contributed by atoms with Crippen LogP contribution < -0.4 is 5.32 Å². The highest BCUT2D eigenvalue weighted by atomic mass is 32.1. The standard InChI is InChI=1S/C50H33N3OS/c1-2-11-30(12-3-1)49-37-15-4-7-17-41(37)51-50(52-49)38-16-10-20-45-48(38)40-27-31(22-25-44(40)54-45)32-21-24-36-39-29-33(23-26-46(39)55-47(36)28-32)53-42-18-8-5-13-34(42)35-14-6-9-19-43(35)53/h1-6,8-16,18-29,50,52H,7,17H2. The number of benzene rings is 7. The number of fused-ring (bicyclic) bond motifs is 10. The fourth-order valence-corrected chi connectivity index (χ4v) is 10.1. The highest BCUT2D eigenvalue weighted by molar-refractivity contribution is 7.25. The summed E-state index contributed by atoms with van der Waals surface area (Å²) >= 11 is 1.86. The Labute approximate surface area is 321 Å². The minimum atomic E-state index is -0.226. The number of nitrogens with zero attached hydrogens (tertiary/aromatic N) is 2. The molecule has 7 aromatic carbocycles. The van der Waals surface area contributed by atoms with Gasteiger partial charge >= 0.3 is 0 Å². The van der Waals surface area contributed by atoms with E-state index in [9.17, 15) is 0 Å². The van der Waals surface area contributed by atoms with E-state index >= 15 is 0 Å². The smallest absolute Gasteiger partial charge is 0.145 e. The van der Waals surface area contributed by atoms with Gasteiger partial charge in [-0.3, -0.25) is 4.99 Å². The van der Waals surface area contributed by atoms with E-state index in [4.69, 9.17) is 9.41 Å².